The second-order valence-electron chi connectivity index (χ2n) is 8.37. The highest BCUT2D eigenvalue weighted by atomic mass is 32.2. The van der Waals surface area contributed by atoms with Crippen molar-refractivity contribution in [1.29, 1.82) is 0 Å². The average Bonchev–Trinajstić information content (AvgIpc) is 2.81. The van der Waals surface area contributed by atoms with Crippen LogP contribution in [0.4, 0.5) is 0 Å². The number of thioether (sulfide) groups is 1. The molecule has 0 unspecified atom stereocenters. The summed E-state index contributed by atoms with van der Waals surface area (Å²) in [7, 11) is 3.19. The van der Waals surface area contributed by atoms with Crippen LogP contribution in [0.15, 0.2) is 65.6 Å². The Kier molecular flexibility index (Phi) is 7.27. The summed E-state index contributed by atoms with van der Waals surface area (Å²) in [4.78, 5) is 1.10. The summed E-state index contributed by atoms with van der Waals surface area (Å²) >= 11 is 1.63. The Hall–Kier alpha value is -1.45. The van der Waals surface area contributed by atoms with Gasteiger partial charge in [0, 0.05) is 19.1 Å². The van der Waals surface area contributed by atoms with E-state index < -0.39 is 23.8 Å². The highest BCUT2D eigenvalue weighted by Crippen LogP contribution is 2.46. The molecule has 0 N–H and O–H groups in total. The van der Waals surface area contributed by atoms with E-state index in [2.05, 4.69) is 12.1 Å². The average molecular weight is 461 g/mol. The Bertz CT molecular complexity index is 867. The third-order valence-corrected chi connectivity index (χ3v) is 7.49. The number of fused-ring (bicyclic) bond motifs is 1. The molecule has 2 fully saturated rings. The number of methoxy groups -OCH3 is 2. The predicted molar refractivity (Wildman–Crippen MR) is 122 cm³/mol. The Morgan fingerprint density at radius 1 is 0.844 bits per heavy atom. The third-order valence-electron chi connectivity index (χ3n) is 6.33. The fourth-order valence-electron chi connectivity index (χ4n) is 4.14. The molecule has 0 aliphatic carbocycles. The summed E-state index contributed by atoms with van der Waals surface area (Å²) in [5.74, 6) is -2.21. The van der Waals surface area contributed by atoms with Crippen LogP contribution in [0.2, 0.25) is 0 Å². The molecule has 32 heavy (non-hydrogen) atoms. The van der Waals surface area contributed by atoms with Crippen LogP contribution in [0.5, 0.6) is 0 Å². The number of hydrogen-bond acceptors (Lipinski definition) is 7. The van der Waals surface area contributed by atoms with Crippen molar-refractivity contribution in [2.45, 2.75) is 73.7 Å². The monoisotopic (exact) mass is 460 g/mol. The largest absolute Gasteiger partial charge is 0.367 e. The minimum absolute atomic E-state index is 0.228. The second kappa shape index (κ2) is 9.81. The molecule has 2 saturated heterocycles. The molecular weight excluding hydrogens is 428 g/mol. The molecule has 0 bridgehead atoms. The highest BCUT2D eigenvalue weighted by molar-refractivity contribution is 7.99. The van der Waals surface area contributed by atoms with Gasteiger partial charge in [-0.15, -0.1) is 0 Å². The van der Waals surface area contributed by atoms with Gasteiger partial charge in [0.05, 0.1) is 12.7 Å². The lowest BCUT2D eigenvalue weighted by Gasteiger charge is -2.57. The van der Waals surface area contributed by atoms with Gasteiger partial charge < -0.3 is 28.4 Å². The molecule has 0 spiro atoms. The van der Waals surface area contributed by atoms with Crippen molar-refractivity contribution in [2.75, 3.05) is 14.2 Å². The maximum absolute atomic E-state index is 6.58. The van der Waals surface area contributed by atoms with Crippen molar-refractivity contribution in [3.8, 4) is 0 Å². The van der Waals surface area contributed by atoms with E-state index in [0.717, 1.165) is 10.5 Å². The van der Waals surface area contributed by atoms with Gasteiger partial charge in [-0.05, 0) is 38.5 Å². The van der Waals surface area contributed by atoms with Gasteiger partial charge in [-0.25, -0.2) is 0 Å². The summed E-state index contributed by atoms with van der Waals surface area (Å²) in [5.41, 5.74) is 0.799. The molecule has 2 aliphatic rings. The van der Waals surface area contributed by atoms with Crippen LogP contribution in [-0.4, -0.2) is 55.6 Å². The summed E-state index contributed by atoms with van der Waals surface area (Å²) in [6, 6.07) is 20.3. The zero-order chi connectivity index (χ0) is 22.8. The lowest BCUT2D eigenvalue weighted by atomic mass is 9.95. The van der Waals surface area contributed by atoms with Crippen LogP contribution in [0.3, 0.4) is 0 Å². The van der Waals surface area contributed by atoms with Crippen molar-refractivity contribution in [3.05, 3.63) is 66.2 Å². The molecule has 4 rings (SSSR count). The SMILES string of the molecule is CO[C@]1(C)O[C@@H]2[C@@H](O[C@@]1(C)OC)[C@H](C)O[C@@H](Sc1ccccc1)[C@@H]2OCc1ccccc1. The summed E-state index contributed by atoms with van der Waals surface area (Å²) in [6.07, 6.45) is -1.40. The van der Waals surface area contributed by atoms with Gasteiger partial charge in [-0.2, -0.15) is 0 Å². The van der Waals surface area contributed by atoms with Crippen LogP contribution in [0.25, 0.3) is 0 Å². The van der Waals surface area contributed by atoms with E-state index in [1.54, 1.807) is 26.0 Å². The first-order chi connectivity index (χ1) is 15.4. The molecule has 2 heterocycles. The lowest BCUT2D eigenvalue weighted by molar-refractivity contribution is -0.470. The molecule has 2 aromatic rings. The standard InChI is InChI=1S/C25H32O6S/c1-17-20-21(31-25(3,27-5)24(2,26-4)30-20)22(28-16-18-12-8-6-9-13-18)23(29-17)32-19-14-10-7-11-15-19/h6-15,17,20-23H,16H2,1-5H3/t17-,20-,21+,22+,23-,24+,25+/m0/s1. The summed E-state index contributed by atoms with van der Waals surface area (Å²) < 4.78 is 37.4. The Morgan fingerprint density at radius 3 is 2.00 bits per heavy atom. The zero-order valence-corrected chi connectivity index (χ0v) is 20.0. The Morgan fingerprint density at radius 2 is 1.41 bits per heavy atom. The molecule has 0 radical (unpaired) electrons. The van der Waals surface area contributed by atoms with E-state index >= 15 is 0 Å². The predicted octanol–water partition coefficient (Wildman–Crippen LogP) is 4.62. The Balaban J connectivity index is 1.63. The number of benzene rings is 2. The quantitative estimate of drug-likeness (QED) is 0.598. The van der Waals surface area contributed by atoms with Gasteiger partial charge in [0.15, 0.2) is 0 Å². The maximum atomic E-state index is 6.58. The zero-order valence-electron chi connectivity index (χ0n) is 19.2. The van der Waals surface area contributed by atoms with Crippen LogP contribution < -0.4 is 0 Å². The number of hydrogen-bond donors (Lipinski definition) is 0. The number of rotatable bonds is 7. The van der Waals surface area contributed by atoms with E-state index in [1.807, 2.05) is 69.3 Å². The van der Waals surface area contributed by atoms with Gasteiger partial charge in [0.2, 0.25) is 11.6 Å². The van der Waals surface area contributed by atoms with Gasteiger partial charge in [0.1, 0.15) is 23.7 Å². The summed E-state index contributed by atoms with van der Waals surface area (Å²) in [5, 5.41) is 0. The third kappa shape index (κ3) is 4.61. The van der Waals surface area contributed by atoms with E-state index in [9.17, 15) is 0 Å². The van der Waals surface area contributed by atoms with Crippen LogP contribution >= 0.6 is 11.8 Å². The van der Waals surface area contributed by atoms with Crippen molar-refractivity contribution >= 4 is 11.8 Å². The fourth-order valence-corrected chi connectivity index (χ4v) is 5.32. The Labute approximate surface area is 194 Å². The number of ether oxygens (including phenoxy) is 6. The lowest BCUT2D eigenvalue weighted by Crippen LogP contribution is -2.72. The van der Waals surface area contributed by atoms with Crippen molar-refractivity contribution < 1.29 is 28.4 Å². The van der Waals surface area contributed by atoms with E-state index in [4.69, 9.17) is 28.4 Å². The van der Waals surface area contributed by atoms with Crippen molar-refractivity contribution in [2.24, 2.45) is 0 Å². The molecule has 7 heteroatoms. The van der Waals surface area contributed by atoms with Gasteiger partial charge in [-0.3, -0.25) is 0 Å². The topological polar surface area (TPSA) is 55.4 Å². The molecule has 2 aromatic carbocycles. The van der Waals surface area contributed by atoms with E-state index in [-0.39, 0.29) is 17.6 Å². The van der Waals surface area contributed by atoms with Crippen LogP contribution in [-0.2, 0) is 35.0 Å². The maximum Gasteiger partial charge on any atom is 0.220 e. The van der Waals surface area contributed by atoms with Crippen LogP contribution in [0, 0.1) is 0 Å². The second-order valence-corrected chi connectivity index (χ2v) is 9.54. The van der Waals surface area contributed by atoms with E-state index in [1.165, 1.54) is 0 Å². The molecule has 6 nitrogen and oxygen atoms in total. The highest BCUT2D eigenvalue weighted by Gasteiger charge is 2.62. The minimum Gasteiger partial charge on any atom is -0.367 e. The fraction of sp³-hybridized carbons (Fsp3) is 0.520. The first-order valence-electron chi connectivity index (χ1n) is 10.9. The smallest absolute Gasteiger partial charge is 0.220 e. The molecule has 174 valence electrons. The van der Waals surface area contributed by atoms with Crippen molar-refractivity contribution in [1.82, 2.24) is 0 Å². The molecule has 7 atom stereocenters. The molecule has 0 amide bonds. The van der Waals surface area contributed by atoms with Gasteiger partial charge in [-0.1, -0.05) is 60.3 Å². The minimum atomic E-state index is -1.11. The summed E-state index contributed by atoms with van der Waals surface area (Å²) in [6.45, 7) is 6.09. The van der Waals surface area contributed by atoms with E-state index in [0.29, 0.717) is 6.61 Å². The molecule has 0 aromatic heterocycles. The van der Waals surface area contributed by atoms with Gasteiger partial charge >= 0.3 is 0 Å². The first-order valence-corrected chi connectivity index (χ1v) is 11.8. The molecule has 2 aliphatic heterocycles. The van der Waals surface area contributed by atoms with Crippen molar-refractivity contribution in [3.63, 3.8) is 0 Å². The van der Waals surface area contributed by atoms with Crippen LogP contribution in [0.1, 0.15) is 26.3 Å². The molecule has 0 saturated carbocycles. The molecular formula is C25H32O6S. The van der Waals surface area contributed by atoms with Gasteiger partial charge in [0.25, 0.3) is 0 Å². The normalized spacial score (nSPS) is 37.1. The first kappa shape index (κ1) is 23.7.